The minimum atomic E-state index is 0.301. The lowest BCUT2D eigenvalue weighted by Crippen LogP contribution is -2.35. The molecule has 3 rings (SSSR count). The minimum Gasteiger partial charge on any atom is -0.493 e. The Bertz CT molecular complexity index is 440. The van der Waals surface area contributed by atoms with Crippen molar-refractivity contribution < 1.29 is 4.74 Å². The summed E-state index contributed by atoms with van der Waals surface area (Å²) in [5.41, 5.74) is 2.73. The molecule has 1 aromatic carbocycles. The first-order chi connectivity index (χ1) is 8.74. The molecule has 0 bridgehead atoms. The van der Waals surface area contributed by atoms with Gasteiger partial charge in [-0.05, 0) is 38.1 Å². The van der Waals surface area contributed by atoms with Gasteiger partial charge >= 0.3 is 0 Å². The third-order valence-corrected chi connectivity index (χ3v) is 5.80. The Balaban J connectivity index is 1.99. The summed E-state index contributed by atoms with van der Waals surface area (Å²) in [5, 5.41) is 3.53. The summed E-state index contributed by atoms with van der Waals surface area (Å²) in [5.74, 6) is 2.43. The van der Waals surface area contributed by atoms with Gasteiger partial charge in [0, 0.05) is 16.7 Å². The zero-order chi connectivity index (χ0) is 12.6. The standard InChI is InChI=1S/C15H21NOS/c1-15(8-4-10-18-15)14(16-2)12-6-3-5-11-7-9-17-13(11)12/h3,5-6,14,16H,4,7-10H2,1-2H3. The van der Waals surface area contributed by atoms with Crippen molar-refractivity contribution in [2.45, 2.75) is 37.0 Å². The van der Waals surface area contributed by atoms with Gasteiger partial charge in [-0.25, -0.2) is 0 Å². The van der Waals surface area contributed by atoms with Gasteiger partial charge in [0.15, 0.2) is 0 Å². The molecule has 3 heteroatoms. The average molecular weight is 263 g/mol. The van der Waals surface area contributed by atoms with E-state index >= 15 is 0 Å². The predicted octanol–water partition coefficient (Wildman–Crippen LogP) is 3.17. The van der Waals surface area contributed by atoms with Crippen LogP contribution < -0.4 is 10.1 Å². The van der Waals surface area contributed by atoms with Crippen molar-refractivity contribution in [2.75, 3.05) is 19.4 Å². The van der Waals surface area contributed by atoms with Crippen LogP contribution in [-0.4, -0.2) is 24.2 Å². The van der Waals surface area contributed by atoms with Crippen LogP contribution in [0.1, 0.15) is 36.9 Å². The first-order valence-corrected chi connectivity index (χ1v) is 7.79. The van der Waals surface area contributed by atoms with Crippen molar-refractivity contribution in [1.29, 1.82) is 0 Å². The highest BCUT2D eigenvalue weighted by Gasteiger charge is 2.39. The second-order valence-electron chi connectivity index (χ2n) is 5.42. The lowest BCUT2D eigenvalue weighted by Gasteiger charge is -2.34. The van der Waals surface area contributed by atoms with E-state index in [9.17, 15) is 0 Å². The Morgan fingerprint density at radius 3 is 3.06 bits per heavy atom. The van der Waals surface area contributed by atoms with Crippen LogP contribution in [0.2, 0.25) is 0 Å². The molecule has 0 aromatic heterocycles. The van der Waals surface area contributed by atoms with E-state index < -0.39 is 0 Å². The van der Waals surface area contributed by atoms with Gasteiger partial charge in [-0.15, -0.1) is 0 Å². The van der Waals surface area contributed by atoms with E-state index in [4.69, 9.17) is 4.74 Å². The fourth-order valence-corrected chi connectivity index (χ4v) is 4.74. The third kappa shape index (κ3) is 1.94. The Hall–Kier alpha value is -0.670. The molecule has 1 fully saturated rings. The van der Waals surface area contributed by atoms with Gasteiger partial charge in [0.05, 0.1) is 12.6 Å². The number of benzene rings is 1. The van der Waals surface area contributed by atoms with E-state index in [1.54, 1.807) is 0 Å². The van der Waals surface area contributed by atoms with Crippen molar-refractivity contribution in [3.8, 4) is 5.75 Å². The topological polar surface area (TPSA) is 21.3 Å². The molecule has 2 aliphatic heterocycles. The summed E-state index contributed by atoms with van der Waals surface area (Å²) in [7, 11) is 2.07. The van der Waals surface area contributed by atoms with Crippen LogP contribution in [0.15, 0.2) is 18.2 Å². The molecule has 98 valence electrons. The van der Waals surface area contributed by atoms with Gasteiger partial charge in [-0.2, -0.15) is 11.8 Å². The summed E-state index contributed by atoms with van der Waals surface area (Å²) in [6.45, 7) is 3.23. The highest BCUT2D eigenvalue weighted by molar-refractivity contribution is 8.00. The highest BCUT2D eigenvalue weighted by Crippen LogP contribution is 2.49. The van der Waals surface area contributed by atoms with Crippen LogP contribution in [0.4, 0.5) is 0 Å². The number of rotatable bonds is 3. The first kappa shape index (κ1) is 12.4. The normalized spacial score (nSPS) is 27.9. The van der Waals surface area contributed by atoms with Crippen LogP contribution in [-0.2, 0) is 6.42 Å². The third-order valence-electron chi connectivity index (χ3n) is 4.20. The number of ether oxygens (including phenoxy) is 1. The van der Waals surface area contributed by atoms with E-state index in [0.29, 0.717) is 10.8 Å². The fraction of sp³-hybridized carbons (Fsp3) is 0.600. The summed E-state index contributed by atoms with van der Waals surface area (Å²) in [6.07, 6.45) is 3.67. The maximum Gasteiger partial charge on any atom is 0.127 e. The molecule has 0 aliphatic carbocycles. The van der Waals surface area contributed by atoms with Gasteiger partial charge in [0.1, 0.15) is 5.75 Å². The maximum atomic E-state index is 5.87. The molecular weight excluding hydrogens is 242 g/mol. The summed E-state index contributed by atoms with van der Waals surface area (Å²) in [6, 6.07) is 6.99. The molecule has 0 spiro atoms. The van der Waals surface area contributed by atoms with E-state index in [-0.39, 0.29) is 0 Å². The van der Waals surface area contributed by atoms with Crippen LogP contribution in [0.3, 0.4) is 0 Å². The Morgan fingerprint density at radius 1 is 1.44 bits per heavy atom. The Morgan fingerprint density at radius 2 is 2.33 bits per heavy atom. The predicted molar refractivity (Wildman–Crippen MR) is 77.5 cm³/mol. The van der Waals surface area contributed by atoms with Crippen molar-refractivity contribution in [1.82, 2.24) is 5.32 Å². The quantitative estimate of drug-likeness (QED) is 0.905. The minimum absolute atomic E-state index is 0.301. The fourth-order valence-electron chi connectivity index (χ4n) is 3.29. The molecule has 0 amide bonds. The summed E-state index contributed by atoms with van der Waals surface area (Å²) < 4.78 is 6.17. The number of para-hydroxylation sites is 1. The van der Waals surface area contributed by atoms with Gasteiger partial charge < -0.3 is 10.1 Å². The largest absolute Gasteiger partial charge is 0.493 e. The highest BCUT2D eigenvalue weighted by atomic mass is 32.2. The molecule has 2 unspecified atom stereocenters. The second kappa shape index (κ2) is 4.78. The number of hydrogen-bond acceptors (Lipinski definition) is 3. The van der Waals surface area contributed by atoms with Crippen LogP contribution >= 0.6 is 11.8 Å². The van der Waals surface area contributed by atoms with Crippen molar-refractivity contribution in [3.63, 3.8) is 0 Å². The van der Waals surface area contributed by atoms with Crippen molar-refractivity contribution in [3.05, 3.63) is 29.3 Å². The molecule has 1 aromatic rings. The van der Waals surface area contributed by atoms with Crippen LogP contribution in [0.5, 0.6) is 5.75 Å². The maximum absolute atomic E-state index is 5.87. The van der Waals surface area contributed by atoms with E-state index in [2.05, 4.69) is 49.2 Å². The average Bonchev–Trinajstić information content (AvgIpc) is 2.99. The molecule has 2 atom stereocenters. The van der Waals surface area contributed by atoms with E-state index in [1.807, 2.05) is 0 Å². The molecule has 2 heterocycles. The van der Waals surface area contributed by atoms with Crippen molar-refractivity contribution >= 4 is 11.8 Å². The van der Waals surface area contributed by atoms with Gasteiger partial charge in [0.2, 0.25) is 0 Å². The molecule has 2 aliphatic rings. The second-order valence-corrected chi connectivity index (χ2v) is 7.05. The summed E-state index contributed by atoms with van der Waals surface area (Å²) >= 11 is 2.10. The molecule has 0 radical (unpaired) electrons. The van der Waals surface area contributed by atoms with E-state index in [1.165, 1.54) is 29.7 Å². The van der Waals surface area contributed by atoms with Gasteiger partial charge in [0.25, 0.3) is 0 Å². The van der Waals surface area contributed by atoms with Gasteiger partial charge in [-0.1, -0.05) is 18.2 Å². The lowest BCUT2D eigenvalue weighted by atomic mass is 9.89. The Kier molecular flexibility index (Phi) is 3.29. The van der Waals surface area contributed by atoms with Crippen LogP contribution in [0, 0.1) is 0 Å². The van der Waals surface area contributed by atoms with E-state index in [0.717, 1.165) is 18.8 Å². The lowest BCUT2D eigenvalue weighted by molar-refractivity contribution is 0.342. The summed E-state index contributed by atoms with van der Waals surface area (Å²) in [4.78, 5) is 0. The monoisotopic (exact) mass is 263 g/mol. The SMILES string of the molecule is CNC(c1cccc2c1OCC2)C1(C)CCCS1. The first-order valence-electron chi connectivity index (χ1n) is 6.80. The molecule has 1 N–H and O–H groups in total. The van der Waals surface area contributed by atoms with Crippen LogP contribution in [0.25, 0.3) is 0 Å². The van der Waals surface area contributed by atoms with Crippen molar-refractivity contribution in [2.24, 2.45) is 0 Å². The number of nitrogens with one attached hydrogen (secondary N) is 1. The molecule has 0 saturated carbocycles. The number of thioether (sulfide) groups is 1. The smallest absolute Gasteiger partial charge is 0.127 e. The molecule has 18 heavy (non-hydrogen) atoms. The zero-order valence-corrected chi connectivity index (χ0v) is 12.0. The number of hydrogen-bond donors (Lipinski definition) is 1. The van der Waals surface area contributed by atoms with Gasteiger partial charge in [-0.3, -0.25) is 0 Å². The molecule has 1 saturated heterocycles. The molecule has 2 nitrogen and oxygen atoms in total. The zero-order valence-electron chi connectivity index (χ0n) is 11.2. The number of fused-ring (bicyclic) bond motifs is 1. The Labute approximate surface area is 113 Å². The molecular formula is C15H21NOS.